The first-order valence-corrected chi connectivity index (χ1v) is 5.81. The number of benzene rings is 1. The van der Waals surface area contributed by atoms with Crippen LogP contribution in [0.1, 0.15) is 31.4 Å². The van der Waals surface area contributed by atoms with E-state index in [0.717, 1.165) is 24.2 Å². The molecule has 0 bridgehead atoms. The molecule has 0 unspecified atom stereocenters. The summed E-state index contributed by atoms with van der Waals surface area (Å²) in [6, 6.07) is 5.66. The van der Waals surface area contributed by atoms with Crippen LogP contribution in [0.5, 0.6) is 5.75 Å². The predicted molar refractivity (Wildman–Crippen MR) is 69.0 cm³/mol. The molecule has 0 aliphatic carbocycles. The molecule has 0 fully saturated rings. The van der Waals surface area contributed by atoms with E-state index in [9.17, 15) is 0 Å². The van der Waals surface area contributed by atoms with Gasteiger partial charge in [0.1, 0.15) is 5.75 Å². The lowest BCUT2D eigenvalue weighted by Gasteiger charge is -2.10. The van der Waals surface area contributed by atoms with E-state index in [4.69, 9.17) is 22.1 Å². The summed E-state index contributed by atoms with van der Waals surface area (Å²) >= 11 is 6.09. The Labute approximate surface area is 102 Å². The Balaban J connectivity index is 2.57. The van der Waals surface area contributed by atoms with Crippen molar-refractivity contribution >= 4 is 11.6 Å². The Morgan fingerprint density at radius 2 is 2.31 bits per heavy atom. The summed E-state index contributed by atoms with van der Waals surface area (Å²) in [7, 11) is 0. The fourth-order valence-electron chi connectivity index (χ4n) is 1.33. The van der Waals surface area contributed by atoms with E-state index in [1.54, 1.807) is 0 Å². The first kappa shape index (κ1) is 13.1. The number of hydrogen-bond donors (Lipinski definition) is 1. The van der Waals surface area contributed by atoms with Gasteiger partial charge in [-0.25, -0.2) is 0 Å². The zero-order chi connectivity index (χ0) is 12.0. The molecule has 16 heavy (non-hydrogen) atoms. The summed E-state index contributed by atoms with van der Waals surface area (Å²) in [5.41, 5.74) is 6.78. The maximum absolute atomic E-state index is 6.09. The molecule has 2 N–H and O–H groups in total. The van der Waals surface area contributed by atoms with E-state index >= 15 is 0 Å². The molecule has 0 heterocycles. The van der Waals surface area contributed by atoms with Crippen LogP contribution < -0.4 is 10.5 Å². The van der Waals surface area contributed by atoms with Crippen LogP contribution in [-0.4, -0.2) is 6.61 Å². The lowest BCUT2D eigenvalue weighted by molar-refractivity contribution is 0.312. The third-order valence-electron chi connectivity index (χ3n) is 2.29. The van der Waals surface area contributed by atoms with E-state index in [1.807, 2.05) is 31.2 Å². The standard InChI is InChI=1S/C13H18ClNO/c1-3-4-5-8-16-13-7-6-11(10(2)15)9-12(13)14/h3,6-7,9-10H,1,4-5,8,15H2,2H3/t10-/m1/s1. The molecule has 1 aromatic carbocycles. The van der Waals surface area contributed by atoms with E-state index in [2.05, 4.69) is 6.58 Å². The molecule has 0 saturated carbocycles. The predicted octanol–water partition coefficient (Wildman–Crippen LogP) is 3.70. The van der Waals surface area contributed by atoms with Crippen molar-refractivity contribution in [2.75, 3.05) is 6.61 Å². The van der Waals surface area contributed by atoms with Gasteiger partial charge in [0.2, 0.25) is 0 Å². The van der Waals surface area contributed by atoms with Crippen LogP contribution in [0.3, 0.4) is 0 Å². The molecule has 0 amide bonds. The lowest BCUT2D eigenvalue weighted by atomic mass is 10.1. The van der Waals surface area contributed by atoms with Crippen LogP contribution in [0.25, 0.3) is 0 Å². The quantitative estimate of drug-likeness (QED) is 0.607. The van der Waals surface area contributed by atoms with E-state index in [0.29, 0.717) is 11.6 Å². The molecular weight excluding hydrogens is 222 g/mol. The van der Waals surface area contributed by atoms with Gasteiger partial charge in [-0.15, -0.1) is 6.58 Å². The van der Waals surface area contributed by atoms with Crippen molar-refractivity contribution in [3.63, 3.8) is 0 Å². The van der Waals surface area contributed by atoms with Crippen molar-refractivity contribution in [1.29, 1.82) is 0 Å². The molecule has 0 radical (unpaired) electrons. The van der Waals surface area contributed by atoms with Gasteiger partial charge in [0, 0.05) is 6.04 Å². The number of hydrogen-bond acceptors (Lipinski definition) is 2. The first-order valence-electron chi connectivity index (χ1n) is 5.44. The van der Waals surface area contributed by atoms with Crippen molar-refractivity contribution in [2.24, 2.45) is 5.73 Å². The normalized spacial score (nSPS) is 12.2. The van der Waals surface area contributed by atoms with Crippen LogP contribution in [0.2, 0.25) is 5.02 Å². The van der Waals surface area contributed by atoms with Crippen molar-refractivity contribution in [3.8, 4) is 5.75 Å². The second-order valence-corrected chi connectivity index (χ2v) is 4.17. The van der Waals surface area contributed by atoms with E-state index < -0.39 is 0 Å². The molecule has 88 valence electrons. The number of ether oxygens (including phenoxy) is 1. The highest BCUT2D eigenvalue weighted by molar-refractivity contribution is 6.32. The van der Waals surface area contributed by atoms with Crippen LogP contribution in [0.4, 0.5) is 0 Å². The van der Waals surface area contributed by atoms with Crippen LogP contribution in [0, 0.1) is 0 Å². The summed E-state index contributed by atoms with van der Waals surface area (Å²) < 4.78 is 5.55. The number of nitrogens with two attached hydrogens (primary N) is 1. The first-order chi connectivity index (χ1) is 7.65. The summed E-state index contributed by atoms with van der Waals surface area (Å²) in [6.07, 6.45) is 3.79. The maximum Gasteiger partial charge on any atom is 0.137 e. The number of rotatable bonds is 6. The molecule has 2 nitrogen and oxygen atoms in total. The Morgan fingerprint density at radius 3 is 2.88 bits per heavy atom. The highest BCUT2D eigenvalue weighted by atomic mass is 35.5. The minimum absolute atomic E-state index is 0.00712. The van der Waals surface area contributed by atoms with Crippen molar-refractivity contribution in [3.05, 3.63) is 41.4 Å². The Kier molecular flexibility index (Phi) is 5.36. The molecule has 0 spiro atoms. The fraction of sp³-hybridized carbons (Fsp3) is 0.385. The van der Waals surface area contributed by atoms with Gasteiger partial charge in [-0.05, 0) is 37.5 Å². The third kappa shape index (κ3) is 3.87. The molecule has 1 aromatic rings. The highest BCUT2D eigenvalue weighted by Crippen LogP contribution is 2.27. The Bertz CT molecular complexity index is 350. The molecule has 0 aliphatic heterocycles. The van der Waals surface area contributed by atoms with Gasteiger partial charge < -0.3 is 10.5 Å². The molecule has 1 atom stereocenters. The van der Waals surface area contributed by atoms with Gasteiger partial charge in [-0.1, -0.05) is 23.7 Å². The fourth-order valence-corrected chi connectivity index (χ4v) is 1.57. The maximum atomic E-state index is 6.09. The minimum atomic E-state index is -0.00712. The summed E-state index contributed by atoms with van der Waals surface area (Å²) in [5, 5.41) is 0.619. The van der Waals surface area contributed by atoms with Gasteiger partial charge in [-0.2, -0.15) is 0 Å². The van der Waals surface area contributed by atoms with E-state index in [1.165, 1.54) is 0 Å². The molecule has 1 rings (SSSR count). The Morgan fingerprint density at radius 1 is 1.56 bits per heavy atom. The van der Waals surface area contributed by atoms with Gasteiger partial charge in [-0.3, -0.25) is 0 Å². The lowest BCUT2D eigenvalue weighted by Crippen LogP contribution is -2.05. The zero-order valence-electron chi connectivity index (χ0n) is 9.58. The smallest absolute Gasteiger partial charge is 0.137 e. The second-order valence-electron chi connectivity index (χ2n) is 3.76. The second kappa shape index (κ2) is 6.56. The van der Waals surface area contributed by atoms with Gasteiger partial charge in [0.15, 0.2) is 0 Å². The average Bonchev–Trinajstić information content (AvgIpc) is 2.26. The van der Waals surface area contributed by atoms with E-state index in [-0.39, 0.29) is 6.04 Å². The monoisotopic (exact) mass is 239 g/mol. The van der Waals surface area contributed by atoms with Crippen molar-refractivity contribution < 1.29 is 4.74 Å². The molecule has 3 heteroatoms. The van der Waals surface area contributed by atoms with Crippen LogP contribution >= 0.6 is 11.6 Å². The number of unbranched alkanes of at least 4 members (excludes halogenated alkanes) is 1. The number of halogens is 1. The average molecular weight is 240 g/mol. The number of allylic oxidation sites excluding steroid dienone is 1. The summed E-state index contributed by atoms with van der Waals surface area (Å²) in [4.78, 5) is 0. The molecule has 0 saturated heterocycles. The SMILES string of the molecule is C=CCCCOc1ccc([C@@H](C)N)cc1Cl. The van der Waals surface area contributed by atoms with Gasteiger partial charge in [0.05, 0.1) is 11.6 Å². The molecule has 0 aliphatic rings. The minimum Gasteiger partial charge on any atom is -0.492 e. The van der Waals surface area contributed by atoms with Crippen LogP contribution in [0.15, 0.2) is 30.9 Å². The van der Waals surface area contributed by atoms with Crippen molar-refractivity contribution in [2.45, 2.75) is 25.8 Å². The summed E-state index contributed by atoms with van der Waals surface area (Å²) in [6.45, 7) is 6.24. The largest absolute Gasteiger partial charge is 0.492 e. The third-order valence-corrected chi connectivity index (χ3v) is 2.59. The summed E-state index contributed by atoms with van der Waals surface area (Å²) in [5.74, 6) is 0.718. The van der Waals surface area contributed by atoms with Gasteiger partial charge >= 0.3 is 0 Å². The van der Waals surface area contributed by atoms with Crippen molar-refractivity contribution in [1.82, 2.24) is 0 Å². The molecule has 0 aromatic heterocycles. The van der Waals surface area contributed by atoms with Gasteiger partial charge in [0.25, 0.3) is 0 Å². The Hall–Kier alpha value is -0.990. The zero-order valence-corrected chi connectivity index (χ0v) is 10.3. The van der Waals surface area contributed by atoms with Crippen LogP contribution in [-0.2, 0) is 0 Å². The topological polar surface area (TPSA) is 35.2 Å². The highest BCUT2D eigenvalue weighted by Gasteiger charge is 2.05. The molecular formula is C13H18ClNO.